The Bertz CT molecular complexity index is 1500. The third kappa shape index (κ3) is 4.76. The van der Waals surface area contributed by atoms with Crippen molar-refractivity contribution in [2.24, 2.45) is 57.2 Å². The third-order valence-corrected chi connectivity index (χ3v) is 17.5. The standard InChI is InChI=1S/C42H58O9/c1-37-13-9-25(43)17-23(37)5-7-27-29-11-15-41(49,39(29,3)19-31(45)35(27)37)33(47)21-51-22-34(48)42(50)16-12-30-28-8-6-24-18-26(44)10-14-38(24,2)36(28)32(46)20-40(30,42)4/h17-18,27-32,35-36,45-46,49-50H,5-16,19-22H2,1-4H3/t27-,28+,29-,30+,31-,32+,35+,36-,37-,38+,39-,40+,41-,42+. The molecular formula is C42H58O9. The molecule has 9 heteroatoms. The molecule has 0 heterocycles. The Balaban J connectivity index is 0.941. The fourth-order valence-corrected chi connectivity index (χ4v) is 14.8. The molecule has 0 amide bonds. The van der Waals surface area contributed by atoms with E-state index in [9.17, 15) is 39.6 Å². The first-order chi connectivity index (χ1) is 23.9. The van der Waals surface area contributed by atoms with Gasteiger partial charge in [0.25, 0.3) is 0 Å². The first-order valence-electron chi connectivity index (χ1n) is 19.9. The normalized spacial score (nSPS) is 51.6. The highest BCUT2D eigenvalue weighted by molar-refractivity contribution is 5.93. The lowest BCUT2D eigenvalue weighted by Crippen LogP contribution is -2.62. The highest BCUT2D eigenvalue weighted by atomic mass is 16.5. The molecule has 4 N–H and O–H groups in total. The van der Waals surface area contributed by atoms with Gasteiger partial charge in [-0.25, -0.2) is 0 Å². The number of ketones is 4. The largest absolute Gasteiger partial charge is 0.393 e. The number of carbonyl (C=O) groups excluding carboxylic acids is 4. The van der Waals surface area contributed by atoms with Gasteiger partial charge in [-0.3, -0.25) is 19.2 Å². The number of aliphatic hydroxyl groups is 4. The van der Waals surface area contributed by atoms with E-state index in [1.54, 1.807) is 12.2 Å². The lowest BCUT2D eigenvalue weighted by molar-refractivity contribution is -0.187. The van der Waals surface area contributed by atoms with Crippen LogP contribution >= 0.6 is 0 Å². The Kier molecular flexibility index (Phi) is 8.27. The molecule has 14 atom stereocenters. The topological polar surface area (TPSA) is 158 Å². The smallest absolute Gasteiger partial charge is 0.190 e. The predicted octanol–water partition coefficient (Wildman–Crippen LogP) is 4.61. The lowest BCUT2D eigenvalue weighted by atomic mass is 9.45. The minimum Gasteiger partial charge on any atom is -0.393 e. The quantitative estimate of drug-likeness (QED) is 0.310. The van der Waals surface area contributed by atoms with Crippen LogP contribution in [0.1, 0.15) is 118 Å². The van der Waals surface area contributed by atoms with Crippen molar-refractivity contribution in [1.82, 2.24) is 0 Å². The van der Waals surface area contributed by atoms with Gasteiger partial charge < -0.3 is 25.2 Å². The molecule has 0 aromatic carbocycles. The number of ether oxygens (including phenoxy) is 1. The van der Waals surface area contributed by atoms with Crippen molar-refractivity contribution in [1.29, 1.82) is 0 Å². The monoisotopic (exact) mass is 706 g/mol. The van der Waals surface area contributed by atoms with E-state index in [4.69, 9.17) is 4.74 Å². The van der Waals surface area contributed by atoms with Gasteiger partial charge in [0.15, 0.2) is 23.1 Å². The van der Waals surface area contributed by atoms with Gasteiger partial charge in [-0.2, -0.15) is 0 Å². The van der Waals surface area contributed by atoms with Crippen molar-refractivity contribution in [2.45, 2.75) is 141 Å². The zero-order valence-electron chi connectivity index (χ0n) is 30.9. The molecule has 0 radical (unpaired) electrons. The second kappa shape index (κ2) is 11.7. The van der Waals surface area contributed by atoms with E-state index in [0.29, 0.717) is 25.7 Å². The summed E-state index contributed by atoms with van der Waals surface area (Å²) < 4.78 is 5.80. The van der Waals surface area contributed by atoms with Crippen LogP contribution in [0, 0.1) is 57.2 Å². The van der Waals surface area contributed by atoms with Gasteiger partial charge in [-0.1, -0.05) is 38.8 Å². The summed E-state index contributed by atoms with van der Waals surface area (Å²) in [7, 11) is 0. The maximum absolute atomic E-state index is 13.9. The first-order valence-corrected chi connectivity index (χ1v) is 19.9. The summed E-state index contributed by atoms with van der Waals surface area (Å²) in [5.74, 6) is -0.373. The zero-order valence-corrected chi connectivity index (χ0v) is 30.9. The fraction of sp³-hybridized carbons (Fsp3) is 0.810. The van der Waals surface area contributed by atoms with Crippen LogP contribution in [0.5, 0.6) is 0 Å². The van der Waals surface area contributed by atoms with E-state index in [1.807, 2.05) is 13.8 Å². The van der Waals surface area contributed by atoms with Gasteiger partial charge in [-0.15, -0.1) is 0 Å². The van der Waals surface area contributed by atoms with E-state index in [2.05, 4.69) is 13.8 Å². The number of hydrogen-bond acceptors (Lipinski definition) is 9. The van der Waals surface area contributed by atoms with Crippen molar-refractivity contribution < 1.29 is 44.3 Å². The number of fused-ring (bicyclic) bond motifs is 10. The van der Waals surface area contributed by atoms with Crippen molar-refractivity contribution in [3.63, 3.8) is 0 Å². The zero-order chi connectivity index (χ0) is 36.5. The minimum atomic E-state index is -1.70. The Morgan fingerprint density at radius 1 is 0.647 bits per heavy atom. The van der Waals surface area contributed by atoms with Crippen molar-refractivity contribution in [2.75, 3.05) is 13.2 Å². The molecule has 8 rings (SSSR count). The van der Waals surface area contributed by atoms with Gasteiger partial charge in [0.2, 0.25) is 0 Å². The van der Waals surface area contributed by atoms with Crippen molar-refractivity contribution in [3.05, 3.63) is 23.3 Å². The Morgan fingerprint density at radius 2 is 1.04 bits per heavy atom. The van der Waals surface area contributed by atoms with E-state index >= 15 is 0 Å². The molecule has 6 saturated carbocycles. The van der Waals surface area contributed by atoms with Crippen LogP contribution < -0.4 is 0 Å². The Morgan fingerprint density at radius 3 is 1.43 bits per heavy atom. The molecule has 9 nitrogen and oxygen atoms in total. The minimum absolute atomic E-state index is 0.0252. The summed E-state index contributed by atoms with van der Waals surface area (Å²) in [4.78, 5) is 52.3. The SMILES string of the molecule is C[C@]12CCC(=O)C=C1CC[C@@H]1[C@@H]2[C@@H](O)C[C@@]2(C)[C@H]1CC[C@]2(O)C(=O)COCC(=O)[C@]1(O)CC[C@@H]2[C@H]3CCC4=CC(=O)CC[C@@]4(C)[C@@H]3[C@H](O)C[C@]21C. The van der Waals surface area contributed by atoms with Crippen LogP contribution in [0.15, 0.2) is 23.3 Å². The maximum Gasteiger partial charge on any atom is 0.190 e. The number of carbonyl (C=O) groups is 4. The number of allylic oxidation sites excluding steroid dienone is 2. The molecule has 51 heavy (non-hydrogen) atoms. The van der Waals surface area contributed by atoms with Crippen molar-refractivity contribution >= 4 is 23.1 Å². The van der Waals surface area contributed by atoms with Gasteiger partial charge in [0.1, 0.15) is 24.4 Å². The number of aliphatic hydroxyl groups excluding tert-OH is 2. The molecular weight excluding hydrogens is 648 g/mol. The summed E-state index contributed by atoms with van der Waals surface area (Å²) in [6, 6.07) is 0. The third-order valence-electron chi connectivity index (χ3n) is 17.5. The maximum atomic E-state index is 13.9. The summed E-state index contributed by atoms with van der Waals surface area (Å²) in [5.41, 5.74) is -3.36. The molecule has 0 aromatic heterocycles. The first kappa shape index (κ1) is 36.0. The van der Waals surface area contributed by atoms with Crippen LogP contribution in [-0.2, 0) is 23.9 Å². The predicted molar refractivity (Wildman–Crippen MR) is 187 cm³/mol. The fourth-order valence-electron chi connectivity index (χ4n) is 14.8. The van der Waals surface area contributed by atoms with Crippen LogP contribution in [0.25, 0.3) is 0 Å². The highest BCUT2D eigenvalue weighted by Crippen LogP contribution is 2.69. The summed E-state index contributed by atoms with van der Waals surface area (Å²) in [5, 5.41) is 47.7. The van der Waals surface area contributed by atoms with E-state index in [1.165, 1.54) is 0 Å². The van der Waals surface area contributed by atoms with E-state index in [-0.39, 0.29) is 83.6 Å². The average molecular weight is 707 g/mol. The van der Waals surface area contributed by atoms with Crippen molar-refractivity contribution in [3.8, 4) is 0 Å². The molecule has 0 aliphatic heterocycles. The Hall–Kier alpha value is -2.04. The van der Waals surface area contributed by atoms with E-state index in [0.717, 1.165) is 49.7 Å². The molecule has 0 unspecified atom stereocenters. The van der Waals surface area contributed by atoms with Crippen LogP contribution in [0.3, 0.4) is 0 Å². The lowest BCUT2D eigenvalue weighted by Gasteiger charge is -2.60. The van der Waals surface area contributed by atoms with Crippen LogP contribution in [0.4, 0.5) is 0 Å². The summed E-state index contributed by atoms with van der Waals surface area (Å²) in [6.07, 6.45) is 10.2. The molecule has 6 fully saturated rings. The second-order valence-electron chi connectivity index (χ2n) is 19.3. The average Bonchev–Trinajstić information content (AvgIpc) is 3.50. The highest BCUT2D eigenvalue weighted by Gasteiger charge is 2.70. The van der Waals surface area contributed by atoms with Gasteiger partial charge in [-0.05, 0) is 136 Å². The van der Waals surface area contributed by atoms with E-state index < -0.39 is 59.0 Å². The molecule has 8 aliphatic carbocycles. The summed E-state index contributed by atoms with van der Waals surface area (Å²) in [6.45, 7) is 7.31. The molecule has 8 aliphatic rings. The van der Waals surface area contributed by atoms with Gasteiger partial charge >= 0.3 is 0 Å². The van der Waals surface area contributed by atoms with Crippen LogP contribution in [-0.4, -0.2) is 80.2 Å². The molecule has 280 valence electrons. The Labute approximate surface area is 301 Å². The second-order valence-corrected chi connectivity index (χ2v) is 19.3. The molecule has 0 bridgehead atoms. The van der Waals surface area contributed by atoms with Crippen LogP contribution in [0.2, 0.25) is 0 Å². The number of hydrogen-bond donors (Lipinski definition) is 4. The van der Waals surface area contributed by atoms with Gasteiger partial charge in [0.05, 0.1) is 12.2 Å². The molecule has 0 spiro atoms. The number of rotatable bonds is 6. The molecule has 0 aromatic rings. The summed E-state index contributed by atoms with van der Waals surface area (Å²) >= 11 is 0. The number of Topliss-reactive ketones (excluding diaryl/α,β-unsaturated/α-hetero) is 2. The van der Waals surface area contributed by atoms with Gasteiger partial charge in [0, 0.05) is 23.7 Å². The molecule has 0 saturated heterocycles.